The Hall–Kier alpha value is -2.87. The number of fused-ring (bicyclic) bond motifs is 1. The van der Waals surface area contributed by atoms with Crippen LogP contribution in [0.3, 0.4) is 0 Å². The molecule has 3 aromatic rings. The van der Waals surface area contributed by atoms with E-state index in [0.717, 1.165) is 30.6 Å². The third-order valence-corrected chi connectivity index (χ3v) is 7.54. The maximum absolute atomic E-state index is 12.9. The molecular formula is C26H30N2O4S. The van der Waals surface area contributed by atoms with Gasteiger partial charge in [-0.15, -0.1) is 0 Å². The maximum atomic E-state index is 12.9. The van der Waals surface area contributed by atoms with Gasteiger partial charge in [0, 0.05) is 25.7 Å². The highest BCUT2D eigenvalue weighted by Crippen LogP contribution is 2.38. The van der Waals surface area contributed by atoms with E-state index < -0.39 is 10.0 Å². The molecule has 0 amide bonds. The molecule has 3 aromatic carbocycles. The second kappa shape index (κ2) is 9.95. The summed E-state index contributed by atoms with van der Waals surface area (Å²) in [4.78, 5) is 2.59. The molecule has 1 heterocycles. The SMILES string of the molecule is COc1cc2c(cc1OC)[C@@H](CNS(=O)(=O)c1ccccc1)N(Cc1cccc(C)c1)CC2. The summed E-state index contributed by atoms with van der Waals surface area (Å²) in [6, 6.07) is 20.8. The zero-order valence-corrected chi connectivity index (χ0v) is 20.1. The average Bonchev–Trinajstić information content (AvgIpc) is 2.83. The standard InChI is InChI=1S/C26H30N2O4S/c1-19-8-7-9-20(14-19)18-28-13-12-21-15-25(31-2)26(32-3)16-23(21)24(28)17-27-33(29,30)22-10-5-4-6-11-22/h4-11,14-16,24,27H,12-13,17-18H2,1-3H3/t24-/m1/s1. The van der Waals surface area contributed by atoms with Crippen LogP contribution in [0.15, 0.2) is 71.6 Å². The molecule has 1 aliphatic rings. The summed E-state index contributed by atoms with van der Waals surface area (Å²) in [7, 11) is -0.383. The molecule has 4 rings (SSSR count). The van der Waals surface area contributed by atoms with Crippen molar-refractivity contribution in [2.24, 2.45) is 0 Å². The third kappa shape index (κ3) is 5.21. The molecule has 7 heteroatoms. The van der Waals surface area contributed by atoms with E-state index in [1.165, 1.54) is 11.1 Å². The Kier molecular flexibility index (Phi) is 7.02. The number of hydrogen-bond donors (Lipinski definition) is 1. The molecule has 174 valence electrons. The minimum absolute atomic E-state index is 0.146. The molecule has 1 atom stereocenters. The summed E-state index contributed by atoms with van der Waals surface area (Å²) in [6.07, 6.45) is 0.851. The Balaban J connectivity index is 1.67. The molecule has 0 spiro atoms. The highest BCUT2D eigenvalue weighted by molar-refractivity contribution is 7.89. The lowest BCUT2D eigenvalue weighted by Crippen LogP contribution is -2.41. The molecule has 1 N–H and O–H groups in total. The number of hydrogen-bond acceptors (Lipinski definition) is 5. The first-order valence-electron chi connectivity index (χ1n) is 11.0. The van der Waals surface area contributed by atoms with Crippen LogP contribution < -0.4 is 14.2 Å². The highest BCUT2D eigenvalue weighted by atomic mass is 32.2. The average molecular weight is 467 g/mol. The number of aryl methyl sites for hydroxylation is 1. The van der Waals surface area contributed by atoms with Crippen LogP contribution in [-0.4, -0.2) is 40.6 Å². The first-order chi connectivity index (χ1) is 15.9. The lowest BCUT2D eigenvalue weighted by Gasteiger charge is -2.38. The van der Waals surface area contributed by atoms with Gasteiger partial charge in [-0.05, 0) is 54.3 Å². The topological polar surface area (TPSA) is 67.9 Å². The van der Waals surface area contributed by atoms with E-state index in [0.29, 0.717) is 11.5 Å². The summed E-state index contributed by atoms with van der Waals surface area (Å²) in [6.45, 7) is 3.88. The van der Waals surface area contributed by atoms with Crippen molar-refractivity contribution in [3.8, 4) is 11.5 Å². The monoisotopic (exact) mass is 466 g/mol. The Labute approximate surface area is 196 Å². The highest BCUT2D eigenvalue weighted by Gasteiger charge is 2.30. The summed E-state index contributed by atoms with van der Waals surface area (Å²) < 4.78 is 39.8. The van der Waals surface area contributed by atoms with E-state index >= 15 is 0 Å². The molecule has 0 unspecified atom stereocenters. The van der Waals surface area contributed by atoms with Gasteiger partial charge < -0.3 is 9.47 Å². The van der Waals surface area contributed by atoms with Gasteiger partial charge in [0.1, 0.15) is 0 Å². The number of ether oxygens (including phenoxy) is 2. The maximum Gasteiger partial charge on any atom is 0.240 e. The summed E-state index contributed by atoms with van der Waals surface area (Å²) in [5, 5.41) is 0. The first-order valence-corrected chi connectivity index (χ1v) is 12.5. The summed E-state index contributed by atoms with van der Waals surface area (Å²) >= 11 is 0. The van der Waals surface area contributed by atoms with Crippen molar-refractivity contribution in [3.63, 3.8) is 0 Å². The van der Waals surface area contributed by atoms with Crippen LogP contribution in [-0.2, 0) is 23.0 Å². The van der Waals surface area contributed by atoms with Crippen LogP contribution in [0.4, 0.5) is 0 Å². The largest absolute Gasteiger partial charge is 0.493 e. The number of nitrogens with one attached hydrogen (secondary N) is 1. The summed E-state index contributed by atoms with van der Waals surface area (Å²) in [5.41, 5.74) is 4.62. The fourth-order valence-corrected chi connectivity index (χ4v) is 5.48. The van der Waals surface area contributed by atoms with Gasteiger partial charge in [0.2, 0.25) is 10.0 Å². The minimum atomic E-state index is -3.63. The molecule has 0 aromatic heterocycles. The van der Waals surface area contributed by atoms with E-state index in [-0.39, 0.29) is 17.5 Å². The predicted molar refractivity (Wildman–Crippen MR) is 129 cm³/mol. The van der Waals surface area contributed by atoms with Gasteiger partial charge in [0.25, 0.3) is 0 Å². The smallest absolute Gasteiger partial charge is 0.240 e. The zero-order chi connectivity index (χ0) is 23.4. The second-order valence-electron chi connectivity index (χ2n) is 8.30. The van der Waals surface area contributed by atoms with Gasteiger partial charge in [0.15, 0.2) is 11.5 Å². The van der Waals surface area contributed by atoms with Crippen LogP contribution in [0.5, 0.6) is 11.5 Å². The Bertz CT molecular complexity index is 1210. The Morgan fingerprint density at radius 3 is 2.39 bits per heavy atom. The van der Waals surface area contributed by atoms with E-state index in [4.69, 9.17) is 9.47 Å². The lowest BCUT2D eigenvalue weighted by molar-refractivity contribution is 0.176. The second-order valence-corrected chi connectivity index (χ2v) is 10.1. The quantitative estimate of drug-likeness (QED) is 0.542. The van der Waals surface area contributed by atoms with Crippen LogP contribution >= 0.6 is 0 Å². The van der Waals surface area contributed by atoms with E-state index in [2.05, 4.69) is 40.8 Å². The van der Waals surface area contributed by atoms with Crippen molar-refractivity contribution >= 4 is 10.0 Å². The summed E-state index contributed by atoms with van der Waals surface area (Å²) in [5.74, 6) is 1.33. The van der Waals surface area contributed by atoms with Crippen molar-refractivity contribution in [1.82, 2.24) is 9.62 Å². The van der Waals surface area contributed by atoms with Crippen molar-refractivity contribution in [2.75, 3.05) is 27.3 Å². The molecular weight excluding hydrogens is 436 g/mol. The van der Waals surface area contributed by atoms with Crippen molar-refractivity contribution in [2.45, 2.75) is 30.8 Å². The number of methoxy groups -OCH3 is 2. The Morgan fingerprint density at radius 1 is 0.970 bits per heavy atom. The van der Waals surface area contributed by atoms with Crippen molar-refractivity contribution in [3.05, 3.63) is 89.0 Å². The third-order valence-electron chi connectivity index (χ3n) is 6.10. The van der Waals surface area contributed by atoms with Crippen LogP contribution in [0.25, 0.3) is 0 Å². The number of nitrogens with zero attached hydrogens (tertiary/aromatic N) is 1. The molecule has 0 saturated heterocycles. The normalized spacial score (nSPS) is 16.3. The number of benzene rings is 3. The first kappa shape index (κ1) is 23.3. The van der Waals surface area contributed by atoms with Crippen molar-refractivity contribution in [1.29, 1.82) is 0 Å². The van der Waals surface area contributed by atoms with Gasteiger partial charge in [-0.25, -0.2) is 13.1 Å². The molecule has 1 aliphatic heterocycles. The van der Waals surface area contributed by atoms with Gasteiger partial charge in [0.05, 0.1) is 19.1 Å². The fourth-order valence-electron chi connectivity index (χ4n) is 4.43. The van der Waals surface area contributed by atoms with Crippen LogP contribution in [0.2, 0.25) is 0 Å². The molecule has 0 aliphatic carbocycles. The van der Waals surface area contributed by atoms with E-state index in [1.807, 2.05) is 12.1 Å². The zero-order valence-electron chi connectivity index (χ0n) is 19.2. The van der Waals surface area contributed by atoms with Crippen LogP contribution in [0.1, 0.15) is 28.3 Å². The molecule has 6 nitrogen and oxygen atoms in total. The minimum Gasteiger partial charge on any atom is -0.493 e. The van der Waals surface area contributed by atoms with Crippen molar-refractivity contribution < 1.29 is 17.9 Å². The molecule has 0 bridgehead atoms. The molecule has 33 heavy (non-hydrogen) atoms. The number of sulfonamides is 1. The van der Waals surface area contributed by atoms with Gasteiger partial charge in [-0.3, -0.25) is 4.90 Å². The number of rotatable bonds is 8. The van der Waals surface area contributed by atoms with Gasteiger partial charge in [-0.1, -0.05) is 48.0 Å². The van der Waals surface area contributed by atoms with Gasteiger partial charge in [-0.2, -0.15) is 0 Å². The lowest BCUT2D eigenvalue weighted by atomic mass is 9.91. The Morgan fingerprint density at radius 2 is 1.70 bits per heavy atom. The van der Waals surface area contributed by atoms with E-state index in [1.54, 1.807) is 44.6 Å². The fraction of sp³-hybridized carbons (Fsp3) is 0.308. The molecule has 0 fully saturated rings. The predicted octanol–water partition coefficient (Wildman–Crippen LogP) is 4.09. The molecule has 0 radical (unpaired) electrons. The van der Waals surface area contributed by atoms with E-state index in [9.17, 15) is 8.42 Å². The molecule has 0 saturated carbocycles. The van der Waals surface area contributed by atoms with Crippen LogP contribution in [0, 0.1) is 6.92 Å². The van der Waals surface area contributed by atoms with Gasteiger partial charge >= 0.3 is 0 Å².